The summed E-state index contributed by atoms with van der Waals surface area (Å²) in [7, 11) is 0. The molecule has 0 aromatic rings. The van der Waals surface area contributed by atoms with E-state index in [-0.39, 0.29) is 0 Å². The van der Waals surface area contributed by atoms with Crippen molar-refractivity contribution in [3.8, 4) is 0 Å². The van der Waals surface area contributed by atoms with Crippen LogP contribution in [0.4, 0.5) is 0 Å². The molecule has 0 heterocycles. The van der Waals surface area contributed by atoms with Crippen LogP contribution in [0.2, 0.25) is 0 Å². The van der Waals surface area contributed by atoms with E-state index in [0.29, 0.717) is 0 Å². The van der Waals surface area contributed by atoms with Crippen molar-refractivity contribution in [1.82, 2.24) is 0 Å². The van der Waals surface area contributed by atoms with E-state index in [0.717, 1.165) is 42.2 Å². The van der Waals surface area contributed by atoms with Gasteiger partial charge in [0.15, 0.2) is 0 Å². The maximum atomic E-state index is 5.88. The highest BCUT2D eigenvalue weighted by molar-refractivity contribution is 5.17. The van der Waals surface area contributed by atoms with Crippen LogP contribution in [0.25, 0.3) is 0 Å². The molecule has 3 fully saturated rings. The number of hydrogen-bond donors (Lipinski definition) is 2. The van der Waals surface area contributed by atoms with Crippen LogP contribution < -0.4 is 11.5 Å². The molecule has 0 radical (unpaired) electrons. The van der Waals surface area contributed by atoms with Crippen molar-refractivity contribution in [2.75, 3.05) is 13.1 Å². The third-order valence-corrected chi connectivity index (χ3v) is 5.22. The van der Waals surface area contributed by atoms with Gasteiger partial charge in [-0.3, -0.25) is 0 Å². The van der Waals surface area contributed by atoms with Crippen molar-refractivity contribution in [3.63, 3.8) is 0 Å². The quantitative estimate of drug-likeness (QED) is 0.665. The van der Waals surface area contributed by atoms with Gasteiger partial charge in [-0.25, -0.2) is 0 Å². The lowest BCUT2D eigenvalue weighted by molar-refractivity contribution is 0.234. The molecular weight excluding hydrogens is 160 g/mol. The Labute approximate surface area is 80.1 Å². The Morgan fingerprint density at radius 1 is 0.923 bits per heavy atom. The van der Waals surface area contributed by atoms with Gasteiger partial charge in [0.05, 0.1) is 0 Å². The molecule has 0 aromatic heterocycles. The minimum atomic E-state index is 0.758. The van der Waals surface area contributed by atoms with Gasteiger partial charge in [0.25, 0.3) is 0 Å². The maximum Gasteiger partial charge on any atom is -0.00428 e. The first-order valence-electron chi connectivity index (χ1n) is 5.73. The van der Waals surface area contributed by atoms with Crippen LogP contribution in [0.15, 0.2) is 0 Å². The Morgan fingerprint density at radius 3 is 1.69 bits per heavy atom. The van der Waals surface area contributed by atoms with Crippen LogP contribution in [0.1, 0.15) is 25.7 Å². The van der Waals surface area contributed by atoms with E-state index in [1.807, 2.05) is 0 Å². The first-order chi connectivity index (χ1) is 6.33. The van der Waals surface area contributed by atoms with Gasteiger partial charge < -0.3 is 11.5 Å². The summed E-state index contributed by atoms with van der Waals surface area (Å²) >= 11 is 0. The van der Waals surface area contributed by atoms with Crippen molar-refractivity contribution in [2.24, 2.45) is 40.6 Å². The zero-order valence-electron chi connectivity index (χ0n) is 8.21. The molecule has 4 atom stereocenters. The largest absolute Gasteiger partial charge is 0.330 e. The second kappa shape index (κ2) is 2.48. The molecule has 2 nitrogen and oxygen atoms in total. The fraction of sp³-hybridized carbons (Fsp3) is 1.00. The van der Waals surface area contributed by atoms with Crippen molar-refractivity contribution in [1.29, 1.82) is 0 Å². The van der Waals surface area contributed by atoms with E-state index in [9.17, 15) is 0 Å². The summed E-state index contributed by atoms with van der Waals surface area (Å²) in [5.41, 5.74) is 12.5. The second-order valence-electron chi connectivity index (χ2n) is 5.32. The van der Waals surface area contributed by atoms with Gasteiger partial charge in [-0.1, -0.05) is 0 Å². The summed E-state index contributed by atoms with van der Waals surface area (Å²) in [6, 6.07) is 0. The molecular formula is C11H20N2. The summed E-state index contributed by atoms with van der Waals surface area (Å²) in [5, 5.41) is 0. The number of nitrogens with two attached hydrogens (primary N) is 2. The molecule has 4 unspecified atom stereocenters. The highest BCUT2D eigenvalue weighted by Gasteiger charge is 2.67. The molecule has 74 valence electrons. The average molecular weight is 180 g/mol. The molecule has 1 spiro atoms. The predicted molar refractivity (Wildman–Crippen MR) is 53.0 cm³/mol. The molecule has 0 saturated heterocycles. The Bertz CT molecular complexity index is 202. The summed E-state index contributed by atoms with van der Waals surface area (Å²) in [4.78, 5) is 0. The van der Waals surface area contributed by atoms with Gasteiger partial charge in [-0.05, 0) is 67.9 Å². The van der Waals surface area contributed by atoms with E-state index < -0.39 is 0 Å². The fourth-order valence-corrected chi connectivity index (χ4v) is 4.65. The van der Waals surface area contributed by atoms with E-state index in [2.05, 4.69) is 0 Å². The molecule has 3 aliphatic carbocycles. The van der Waals surface area contributed by atoms with Gasteiger partial charge in [-0.2, -0.15) is 0 Å². The van der Waals surface area contributed by atoms with Crippen molar-refractivity contribution < 1.29 is 0 Å². The summed E-state index contributed by atoms with van der Waals surface area (Å²) in [6.45, 7) is 1.76. The van der Waals surface area contributed by atoms with Gasteiger partial charge in [0.1, 0.15) is 0 Å². The zero-order chi connectivity index (χ0) is 9.05. The Hall–Kier alpha value is -0.0800. The van der Waals surface area contributed by atoms with Crippen LogP contribution >= 0.6 is 0 Å². The van der Waals surface area contributed by atoms with Crippen LogP contribution in [-0.2, 0) is 0 Å². The fourth-order valence-electron chi connectivity index (χ4n) is 4.65. The summed E-state index contributed by atoms with van der Waals surface area (Å²) in [5.74, 6) is 3.45. The van der Waals surface area contributed by atoms with Gasteiger partial charge in [0.2, 0.25) is 0 Å². The van der Waals surface area contributed by atoms with Crippen LogP contribution in [-0.4, -0.2) is 13.1 Å². The molecule has 2 heteroatoms. The SMILES string of the molecule is NCC1C(CN)C2CCC1C21CC1. The van der Waals surface area contributed by atoms with Crippen LogP contribution in [0.3, 0.4) is 0 Å². The summed E-state index contributed by atoms with van der Waals surface area (Å²) in [6.07, 6.45) is 5.86. The highest BCUT2D eigenvalue weighted by Crippen LogP contribution is 2.74. The van der Waals surface area contributed by atoms with Crippen LogP contribution in [0.5, 0.6) is 0 Å². The Morgan fingerprint density at radius 2 is 1.38 bits per heavy atom. The van der Waals surface area contributed by atoms with Crippen molar-refractivity contribution in [2.45, 2.75) is 25.7 Å². The average Bonchev–Trinajstić information content (AvgIpc) is 2.82. The Balaban J connectivity index is 1.92. The standard InChI is InChI=1S/C11H20N2/c12-5-7-8(6-13)10-2-1-9(7)11(10)3-4-11/h7-10H,1-6,12-13H2. The normalized spacial score (nSPS) is 50.3. The predicted octanol–water partition coefficient (Wildman–Crippen LogP) is 0.956. The minimum Gasteiger partial charge on any atom is -0.330 e. The van der Waals surface area contributed by atoms with Gasteiger partial charge in [-0.15, -0.1) is 0 Å². The first-order valence-corrected chi connectivity index (χ1v) is 5.73. The van der Waals surface area contributed by atoms with Crippen molar-refractivity contribution in [3.05, 3.63) is 0 Å². The van der Waals surface area contributed by atoms with E-state index in [4.69, 9.17) is 11.5 Å². The van der Waals surface area contributed by atoms with E-state index in [1.165, 1.54) is 25.7 Å². The zero-order valence-corrected chi connectivity index (χ0v) is 8.21. The smallest absolute Gasteiger partial charge is 0.00428 e. The molecule has 3 saturated carbocycles. The van der Waals surface area contributed by atoms with Gasteiger partial charge in [0, 0.05) is 0 Å². The van der Waals surface area contributed by atoms with E-state index in [1.54, 1.807) is 0 Å². The van der Waals surface area contributed by atoms with Crippen LogP contribution in [0, 0.1) is 29.1 Å². The molecule has 2 bridgehead atoms. The first kappa shape index (κ1) is 8.25. The van der Waals surface area contributed by atoms with Crippen molar-refractivity contribution >= 4 is 0 Å². The number of rotatable bonds is 2. The summed E-state index contributed by atoms with van der Waals surface area (Å²) < 4.78 is 0. The molecule has 0 aliphatic heterocycles. The molecule has 0 aromatic carbocycles. The topological polar surface area (TPSA) is 52.0 Å². The third-order valence-electron chi connectivity index (χ3n) is 5.22. The molecule has 3 rings (SSSR count). The monoisotopic (exact) mass is 180 g/mol. The van der Waals surface area contributed by atoms with E-state index >= 15 is 0 Å². The third kappa shape index (κ3) is 0.816. The Kier molecular flexibility index (Phi) is 1.58. The molecule has 4 N–H and O–H groups in total. The highest BCUT2D eigenvalue weighted by atomic mass is 14.8. The lowest BCUT2D eigenvalue weighted by Crippen LogP contribution is -2.33. The lowest BCUT2D eigenvalue weighted by Gasteiger charge is -2.28. The molecule has 13 heavy (non-hydrogen) atoms. The molecule has 3 aliphatic rings. The van der Waals surface area contributed by atoms with Gasteiger partial charge >= 0.3 is 0 Å². The lowest BCUT2D eigenvalue weighted by atomic mass is 9.79. The minimum absolute atomic E-state index is 0.758. The maximum absolute atomic E-state index is 5.88. The molecule has 0 amide bonds. The number of hydrogen-bond acceptors (Lipinski definition) is 2. The second-order valence-corrected chi connectivity index (χ2v) is 5.32.